The predicted molar refractivity (Wildman–Crippen MR) is 88.9 cm³/mol. The summed E-state index contributed by atoms with van der Waals surface area (Å²) in [4.78, 5) is 6.55. The minimum Gasteiger partial charge on any atom is -0.314 e. The molecule has 0 aliphatic carbocycles. The van der Waals surface area contributed by atoms with Gasteiger partial charge in [-0.15, -0.1) is 12.4 Å². The Morgan fingerprint density at radius 1 is 1.36 bits per heavy atom. The molecule has 1 N–H and O–H groups in total. The quantitative estimate of drug-likeness (QED) is 0.926. The molecule has 1 aromatic heterocycles. The van der Waals surface area contributed by atoms with Gasteiger partial charge in [-0.3, -0.25) is 9.88 Å². The highest BCUT2D eigenvalue weighted by Gasteiger charge is 2.24. The van der Waals surface area contributed by atoms with E-state index in [1.54, 1.807) is 12.3 Å². The number of benzene rings is 1. The number of rotatable bonds is 3. The van der Waals surface area contributed by atoms with Crippen LogP contribution in [-0.2, 0) is 6.54 Å². The molecule has 1 aliphatic rings. The van der Waals surface area contributed by atoms with E-state index in [-0.39, 0.29) is 24.3 Å². The number of pyridine rings is 1. The Labute approximate surface area is 140 Å². The second kappa shape index (κ2) is 7.88. The van der Waals surface area contributed by atoms with Crippen molar-refractivity contribution in [1.82, 2.24) is 15.2 Å². The van der Waals surface area contributed by atoms with Crippen LogP contribution in [0.4, 0.5) is 4.39 Å². The molecule has 3 nitrogen and oxygen atoms in total. The van der Waals surface area contributed by atoms with Crippen LogP contribution < -0.4 is 5.32 Å². The van der Waals surface area contributed by atoms with Gasteiger partial charge in [0.25, 0.3) is 0 Å². The summed E-state index contributed by atoms with van der Waals surface area (Å²) in [6, 6.07) is 8.89. The van der Waals surface area contributed by atoms with Gasteiger partial charge in [-0.2, -0.15) is 0 Å². The number of nitrogens with zero attached hydrogens (tertiary/aromatic N) is 2. The highest BCUT2D eigenvalue weighted by atomic mass is 35.5. The van der Waals surface area contributed by atoms with Crippen molar-refractivity contribution in [3.63, 3.8) is 0 Å². The van der Waals surface area contributed by atoms with E-state index in [2.05, 4.69) is 21.3 Å². The molecule has 1 aliphatic heterocycles. The summed E-state index contributed by atoms with van der Waals surface area (Å²) in [6.07, 6.45) is 3.68. The molecular formula is C16H18Cl2FN3. The molecular weight excluding hydrogens is 324 g/mol. The Balaban J connectivity index is 0.00000176. The molecule has 22 heavy (non-hydrogen) atoms. The van der Waals surface area contributed by atoms with Crippen molar-refractivity contribution in [2.24, 2.45) is 0 Å². The third kappa shape index (κ3) is 3.96. The minimum atomic E-state index is -0.298. The zero-order chi connectivity index (χ0) is 14.7. The molecule has 1 unspecified atom stereocenters. The molecule has 0 radical (unpaired) electrons. The summed E-state index contributed by atoms with van der Waals surface area (Å²) in [6.45, 7) is 3.45. The molecule has 0 amide bonds. The maximum Gasteiger partial charge on any atom is 0.124 e. The fourth-order valence-corrected chi connectivity index (χ4v) is 2.93. The molecule has 2 aromatic rings. The molecule has 0 saturated carbocycles. The molecule has 1 saturated heterocycles. The van der Waals surface area contributed by atoms with E-state index in [0.29, 0.717) is 11.6 Å². The van der Waals surface area contributed by atoms with Gasteiger partial charge >= 0.3 is 0 Å². The smallest absolute Gasteiger partial charge is 0.124 e. The summed E-state index contributed by atoms with van der Waals surface area (Å²) in [5.74, 6) is -0.298. The van der Waals surface area contributed by atoms with Crippen molar-refractivity contribution in [2.75, 3.05) is 19.6 Å². The highest BCUT2D eigenvalue weighted by Crippen LogP contribution is 2.26. The van der Waals surface area contributed by atoms with Gasteiger partial charge in [0.05, 0.1) is 0 Å². The third-order valence-corrected chi connectivity index (χ3v) is 4.16. The molecule has 1 fully saturated rings. The maximum absolute atomic E-state index is 13.2. The first kappa shape index (κ1) is 17.2. The lowest BCUT2D eigenvalue weighted by molar-refractivity contribution is 0.153. The minimum absolute atomic E-state index is 0. The monoisotopic (exact) mass is 341 g/mol. The van der Waals surface area contributed by atoms with Crippen LogP contribution in [0.1, 0.15) is 17.2 Å². The summed E-state index contributed by atoms with van der Waals surface area (Å²) < 4.78 is 13.2. The standard InChI is InChI=1S/C16H17ClFN3.ClH/c17-15-8-14(18)4-3-13(15)11-21-7-6-20-10-16(21)12-2-1-5-19-9-12;/h1-5,8-9,16,20H,6-7,10-11H2;1H. The lowest BCUT2D eigenvalue weighted by Crippen LogP contribution is -2.45. The van der Waals surface area contributed by atoms with Gasteiger partial charge in [0, 0.05) is 49.6 Å². The Bertz CT molecular complexity index is 610. The van der Waals surface area contributed by atoms with Gasteiger partial charge in [0.2, 0.25) is 0 Å². The highest BCUT2D eigenvalue weighted by molar-refractivity contribution is 6.31. The second-order valence-electron chi connectivity index (χ2n) is 5.21. The van der Waals surface area contributed by atoms with E-state index >= 15 is 0 Å². The SMILES string of the molecule is Cl.Fc1ccc(CN2CCNCC2c2cccnc2)c(Cl)c1. The molecule has 3 rings (SSSR count). The predicted octanol–water partition coefficient (Wildman–Crippen LogP) is 3.44. The van der Waals surface area contributed by atoms with Gasteiger partial charge in [-0.1, -0.05) is 23.7 Å². The Hall–Kier alpha value is -1.20. The molecule has 0 bridgehead atoms. The lowest BCUT2D eigenvalue weighted by atomic mass is 10.0. The zero-order valence-electron chi connectivity index (χ0n) is 12.0. The van der Waals surface area contributed by atoms with E-state index in [4.69, 9.17) is 11.6 Å². The molecule has 118 valence electrons. The van der Waals surface area contributed by atoms with Crippen LogP contribution in [0.5, 0.6) is 0 Å². The van der Waals surface area contributed by atoms with Crippen molar-refractivity contribution in [3.8, 4) is 0 Å². The first-order valence-electron chi connectivity index (χ1n) is 7.02. The fourth-order valence-electron chi connectivity index (χ4n) is 2.71. The number of hydrogen-bond donors (Lipinski definition) is 1. The van der Waals surface area contributed by atoms with E-state index < -0.39 is 0 Å². The van der Waals surface area contributed by atoms with Crippen LogP contribution in [-0.4, -0.2) is 29.5 Å². The number of halogens is 3. The van der Waals surface area contributed by atoms with E-state index in [1.165, 1.54) is 17.7 Å². The fraction of sp³-hybridized carbons (Fsp3) is 0.312. The van der Waals surface area contributed by atoms with Crippen molar-refractivity contribution in [1.29, 1.82) is 0 Å². The number of aromatic nitrogens is 1. The molecule has 6 heteroatoms. The molecule has 1 aromatic carbocycles. The second-order valence-corrected chi connectivity index (χ2v) is 5.62. The van der Waals surface area contributed by atoms with Crippen LogP contribution in [0.15, 0.2) is 42.7 Å². The van der Waals surface area contributed by atoms with Crippen molar-refractivity contribution >= 4 is 24.0 Å². The molecule has 0 spiro atoms. The summed E-state index contributed by atoms with van der Waals surface area (Å²) >= 11 is 6.15. The normalized spacial score (nSPS) is 18.7. The van der Waals surface area contributed by atoms with Crippen LogP contribution in [0, 0.1) is 5.82 Å². The first-order valence-corrected chi connectivity index (χ1v) is 7.40. The van der Waals surface area contributed by atoms with Crippen LogP contribution in [0.3, 0.4) is 0 Å². The van der Waals surface area contributed by atoms with Crippen LogP contribution >= 0.6 is 24.0 Å². The van der Waals surface area contributed by atoms with Crippen molar-refractivity contribution in [2.45, 2.75) is 12.6 Å². The third-order valence-electron chi connectivity index (χ3n) is 3.81. The van der Waals surface area contributed by atoms with Gasteiger partial charge < -0.3 is 5.32 Å². The van der Waals surface area contributed by atoms with Gasteiger partial charge in [-0.25, -0.2) is 4.39 Å². The van der Waals surface area contributed by atoms with Crippen LogP contribution in [0.25, 0.3) is 0 Å². The Morgan fingerprint density at radius 2 is 2.23 bits per heavy atom. The summed E-state index contributed by atoms with van der Waals surface area (Å²) in [7, 11) is 0. The number of nitrogens with one attached hydrogen (secondary N) is 1. The number of piperazine rings is 1. The largest absolute Gasteiger partial charge is 0.314 e. The lowest BCUT2D eigenvalue weighted by Gasteiger charge is -2.36. The van der Waals surface area contributed by atoms with E-state index in [1.807, 2.05) is 12.3 Å². The van der Waals surface area contributed by atoms with Crippen molar-refractivity contribution < 1.29 is 4.39 Å². The van der Waals surface area contributed by atoms with Crippen molar-refractivity contribution in [3.05, 3.63) is 64.7 Å². The maximum atomic E-state index is 13.2. The molecule has 1 atom stereocenters. The topological polar surface area (TPSA) is 28.2 Å². The zero-order valence-corrected chi connectivity index (χ0v) is 13.6. The molecule has 2 heterocycles. The van der Waals surface area contributed by atoms with E-state index in [9.17, 15) is 4.39 Å². The van der Waals surface area contributed by atoms with Gasteiger partial charge in [-0.05, 0) is 29.3 Å². The Kier molecular flexibility index (Phi) is 6.15. The average Bonchev–Trinajstić information content (AvgIpc) is 2.51. The Morgan fingerprint density at radius 3 is 2.95 bits per heavy atom. The first-order chi connectivity index (χ1) is 10.2. The summed E-state index contributed by atoms with van der Waals surface area (Å²) in [5, 5.41) is 3.90. The van der Waals surface area contributed by atoms with Gasteiger partial charge in [0.15, 0.2) is 0 Å². The number of hydrogen-bond acceptors (Lipinski definition) is 3. The van der Waals surface area contributed by atoms with Gasteiger partial charge in [0.1, 0.15) is 5.82 Å². The average molecular weight is 342 g/mol. The van der Waals surface area contributed by atoms with E-state index in [0.717, 1.165) is 25.2 Å². The van der Waals surface area contributed by atoms with Crippen LogP contribution in [0.2, 0.25) is 5.02 Å². The summed E-state index contributed by atoms with van der Waals surface area (Å²) in [5.41, 5.74) is 2.14.